The highest BCUT2D eigenvalue weighted by Gasteiger charge is 2.21. The quantitative estimate of drug-likeness (QED) is 0.219. The van der Waals surface area contributed by atoms with Crippen molar-refractivity contribution >= 4 is 0 Å². The zero-order valence-corrected chi connectivity index (χ0v) is 24.0. The Kier molecular flexibility index (Phi) is 7.39. The van der Waals surface area contributed by atoms with Gasteiger partial charge in [-0.3, -0.25) is 0 Å². The average molecular weight is 579 g/mol. The molecular formula is C38H30N2O4. The lowest BCUT2D eigenvalue weighted by Gasteiger charge is -2.20. The third-order valence-corrected chi connectivity index (χ3v) is 7.97. The first-order valence-corrected chi connectivity index (χ1v) is 14.6. The summed E-state index contributed by atoms with van der Waals surface area (Å²) in [6.45, 7) is 0. The average Bonchev–Trinajstić information content (AvgIpc) is 3.04. The predicted molar refractivity (Wildman–Crippen MR) is 169 cm³/mol. The van der Waals surface area contributed by atoms with E-state index >= 15 is 0 Å². The number of aromatic hydroxyl groups is 2. The molecule has 0 amide bonds. The highest BCUT2D eigenvalue weighted by molar-refractivity contribution is 5.56. The van der Waals surface area contributed by atoms with E-state index in [4.69, 9.17) is 9.47 Å². The van der Waals surface area contributed by atoms with E-state index in [1.54, 1.807) is 12.4 Å². The second kappa shape index (κ2) is 11.9. The molecule has 0 aliphatic heterocycles. The van der Waals surface area contributed by atoms with E-state index in [9.17, 15) is 10.2 Å². The van der Waals surface area contributed by atoms with Crippen LogP contribution in [-0.4, -0.2) is 20.2 Å². The minimum absolute atomic E-state index is 0.242. The molecule has 2 aromatic heterocycles. The number of hydrogen-bond acceptors (Lipinski definition) is 6. The second-order valence-corrected chi connectivity index (χ2v) is 10.9. The fourth-order valence-corrected chi connectivity index (χ4v) is 5.80. The molecular weight excluding hydrogens is 548 g/mol. The van der Waals surface area contributed by atoms with Crippen LogP contribution < -0.4 is 9.47 Å². The maximum atomic E-state index is 11.6. The largest absolute Gasteiger partial charge is 0.507 e. The molecule has 2 heterocycles. The number of aromatic nitrogens is 2. The SMILES string of the molecule is Oc1c2cccc1Cc1cccc(c1Oc1ccccn1)Cc1cccc(c1O)Cc1cccc(c1Oc1ccccn1)C2. The van der Waals surface area contributed by atoms with Crippen LogP contribution in [0.15, 0.2) is 122 Å². The van der Waals surface area contributed by atoms with Gasteiger partial charge in [0.05, 0.1) is 0 Å². The monoisotopic (exact) mass is 578 g/mol. The first kappa shape index (κ1) is 27.2. The maximum absolute atomic E-state index is 11.6. The molecule has 6 nitrogen and oxygen atoms in total. The van der Waals surface area contributed by atoms with Crippen LogP contribution in [0.1, 0.15) is 44.5 Å². The van der Waals surface area contributed by atoms with Crippen molar-refractivity contribution in [2.24, 2.45) is 0 Å². The van der Waals surface area contributed by atoms with Gasteiger partial charge in [-0.05, 0) is 56.6 Å². The van der Waals surface area contributed by atoms with Crippen molar-refractivity contribution in [3.63, 3.8) is 0 Å². The highest BCUT2D eigenvalue weighted by Crippen LogP contribution is 2.39. The third-order valence-electron chi connectivity index (χ3n) is 7.97. The number of nitrogens with zero attached hydrogens (tertiary/aromatic N) is 2. The number of hydrogen-bond donors (Lipinski definition) is 2. The van der Waals surface area contributed by atoms with Crippen molar-refractivity contribution in [2.75, 3.05) is 0 Å². The first-order chi connectivity index (χ1) is 21.6. The van der Waals surface area contributed by atoms with Crippen LogP contribution in [-0.2, 0) is 25.7 Å². The van der Waals surface area contributed by atoms with Gasteiger partial charge in [0.15, 0.2) is 0 Å². The summed E-state index contributed by atoms with van der Waals surface area (Å²) in [7, 11) is 0. The number of benzene rings is 4. The number of rotatable bonds is 4. The fourth-order valence-electron chi connectivity index (χ4n) is 5.80. The first-order valence-electron chi connectivity index (χ1n) is 14.6. The number of ether oxygens (including phenoxy) is 2. The van der Waals surface area contributed by atoms with Crippen molar-refractivity contribution in [3.05, 3.63) is 166 Å². The lowest BCUT2D eigenvalue weighted by Crippen LogP contribution is -2.04. The molecule has 216 valence electrons. The van der Waals surface area contributed by atoms with Gasteiger partial charge >= 0.3 is 0 Å². The standard InChI is InChI=1S/C38H30N2O4/c41-35-25-9-5-11-27(35)23-31-15-8-16-32(38(31)44-34-18-2-4-20-40-34)24-28-12-6-10-26(36(28)42)22-30-14-7-13-29(21-25)37(30)43-33-17-1-3-19-39-33/h1-20,41-42H,21-24H2. The van der Waals surface area contributed by atoms with E-state index in [1.807, 2.05) is 109 Å². The Labute approximate surface area is 255 Å². The Morgan fingerprint density at radius 3 is 1.00 bits per heavy atom. The summed E-state index contributed by atoms with van der Waals surface area (Å²) in [5, 5.41) is 23.2. The number of phenols is 2. The summed E-state index contributed by atoms with van der Waals surface area (Å²) in [5.74, 6) is 2.78. The molecule has 0 saturated carbocycles. The van der Waals surface area contributed by atoms with Gasteiger partial charge in [-0.15, -0.1) is 0 Å². The van der Waals surface area contributed by atoms with E-state index in [-0.39, 0.29) is 11.5 Å². The van der Waals surface area contributed by atoms with Crippen LogP contribution in [0.5, 0.6) is 34.8 Å². The van der Waals surface area contributed by atoms with Crippen molar-refractivity contribution in [1.29, 1.82) is 0 Å². The van der Waals surface area contributed by atoms with Gasteiger partial charge in [0.2, 0.25) is 11.8 Å². The molecule has 8 bridgehead atoms. The van der Waals surface area contributed by atoms with E-state index in [1.165, 1.54) is 0 Å². The maximum Gasteiger partial charge on any atom is 0.219 e. The molecule has 0 spiro atoms. The summed E-state index contributed by atoms with van der Waals surface area (Å²) in [6, 6.07) is 34.8. The normalized spacial score (nSPS) is 12.4. The van der Waals surface area contributed by atoms with E-state index < -0.39 is 0 Å². The van der Waals surface area contributed by atoms with Crippen LogP contribution in [0.2, 0.25) is 0 Å². The molecule has 0 saturated heterocycles. The van der Waals surface area contributed by atoms with Gasteiger partial charge in [0.25, 0.3) is 0 Å². The number of phenolic OH excluding ortho intramolecular Hbond substituents is 2. The van der Waals surface area contributed by atoms with Gasteiger partial charge in [-0.2, -0.15) is 0 Å². The number of para-hydroxylation sites is 4. The molecule has 7 rings (SSSR count). The van der Waals surface area contributed by atoms with Gasteiger partial charge in [0.1, 0.15) is 23.0 Å². The van der Waals surface area contributed by atoms with Crippen LogP contribution in [0, 0.1) is 0 Å². The highest BCUT2D eigenvalue weighted by atomic mass is 16.5. The van der Waals surface area contributed by atoms with Gasteiger partial charge in [-0.1, -0.05) is 84.9 Å². The van der Waals surface area contributed by atoms with Crippen LogP contribution in [0.25, 0.3) is 0 Å². The van der Waals surface area contributed by atoms with Gasteiger partial charge in [0, 0.05) is 50.2 Å². The molecule has 6 aromatic rings. The van der Waals surface area contributed by atoms with Gasteiger partial charge in [-0.25, -0.2) is 9.97 Å². The minimum Gasteiger partial charge on any atom is -0.507 e. The van der Waals surface area contributed by atoms with Crippen molar-refractivity contribution in [1.82, 2.24) is 9.97 Å². The summed E-state index contributed by atoms with van der Waals surface area (Å²) in [6.07, 6.45) is 5.17. The second-order valence-electron chi connectivity index (χ2n) is 10.9. The molecule has 6 heteroatoms. The number of fused-ring (bicyclic) bond motifs is 8. The zero-order valence-electron chi connectivity index (χ0n) is 24.0. The summed E-state index contributed by atoms with van der Waals surface area (Å²) < 4.78 is 12.8. The third kappa shape index (κ3) is 5.57. The van der Waals surface area contributed by atoms with Crippen LogP contribution in [0.3, 0.4) is 0 Å². The smallest absolute Gasteiger partial charge is 0.219 e. The molecule has 4 aromatic carbocycles. The Morgan fingerprint density at radius 2 is 0.705 bits per heavy atom. The molecule has 0 radical (unpaired) electrons. The molecule has 1 aliphatic rings. The molecule has 1 aliphatic carbocycles. The summed E-state index contributed by atoms with van der Waals surface area (Å²) >= 11 is 0. The van der Waals surface area contributed by atoms with E-state index in [0.717, 1.165) is 44.5 Å². The van der Waals surface area contributed by atoms with Crippen molar-refractivity contribution < 1.29 is 19.7 Å². The van der Waals surface area contributed by atoms with Crippen molar-refractivity contribution in [3.8, 4) is 34.8 Å². The summed E-state index contributed by atoms with van der Waals surface area (Å²) in [4.78, 5) is 8.79. The molecule has 0 unspecified atom stereocenters. The summed E-state index contributed by atoms with van der Waals surface area (Å²) in [5.41, 5.74) is 6.76. The van der Waals surface area contributed by atoms with Crippen molar-refractivity contribution in [2.45, 2.75) is 25.7 Å². The zero-order chi connectivity index (χ0) is 29.9. The molecule has 2 N–H and O–H groups in total. The van der Waals surface area contributed by atoms with Gasteiger partial charge < -0.3 is 19.7 Å². The molecule has 44 heavy (non-hydrogen) atoms. The Bertz CT molecular complexity index is 1710. The Hall–Kier alpha value is -5.62. The number of pyridine rings is 2. The Balaban J connectivity index is 1.40. The van der Waals surface area contributed by atoms with E-state index in [0.29, 0.717) is 48.9 Å². The topological polar surface area (TPSA) is 84.7 Å². The van der Waals surface area contributed by atoms with Crippen LogP contribution in [0.4, 0.5) is 0 Å². The Morgan fingerprint density at radius 1 is 0.386 bits per heavy atom. The predicted octanol–water partition coefficient (Wildman–Crippen LogP) is 8.15. The lowest BCUT2D eigenvalue weighted by atomic mass is 9.91. The van der Waals surface area contributed by atoms with E-state index in [2.05, 4.69) is 9.97 Å². The molecule has 0 atom stereocenters. The molecule has 0 fully saturated rings. The minimum atomic E-state index is 0.242. The van der Waals surface area contributed by atoms with Crippen LogP contribution >= 0.6 is 0 Å². The lowest BCUT2D eigenvalue weighted by molar-refractivity contribution is 0.445. The fraction of sp³-hybridized carbons (Fsp3) is 0.105.